The fourth-order valence-electron chi connectivity index (χ4n) is 2.07. The molecule has 0 saturated heterocycles. The summed E-state index contributed by atoms with van der Waals surface area (Å²) < 4.78 is 28.3. The lowest BCUT2D eigenvalue weighted by molar-refractivity contribution is 0.483. The molecule has 0 aliphatic heterocycles. The first-order chi connectivity index (χ1) is 9.54. The van der Waals surface area contributed by atoms with Crippen molar-refractivity contribution in [1.82, 2.24) is 5.32 Å². The van der Waals surface area contributed by atoms with Gasteiger partial charge in [-0.2, -0.15) is 0 Å². The van der Waals surface area contributed by atoms with Gasteiger partial charge in [-0.3, -0.25) is 0 Å². The molecule has 0 saturated carbocycles. The first-order valence-corrected chi connectivity index (χ1v) is 7.34. The number of halogens is 4. The van der Waals surface area contributed by atoms with Crippen LogP contribution in [0.4, 0.5) is 8.78 Å². The summed E-state index contributed by atoms with van der Waals surface area (Å²) in [7, 11) is 0. The van der Waals surface area contributed by atoms with Gasteiger partial charge in [0.25, 0.3) is 0 Å². The van der Waals surface area contributed by atoms with Crippen molar-refractivity contribution in [3.8, 4) is 0 Å². The molecule has 0 aliphatic rings. The molecule has 0 radical (unpaired) electrons. The SMILES string of the molecule is CCNC(c1cc(Cl)ccc1Br)c1cccc(F)c1F. The maximum atomic E-state index is 14.0. The van der Waals surface area contributed by atoms with E-state index in [2.05, 4.69) is 21.2 Å². The van der Waals surface area contributed by atoms with Crippen molar-refractivity contribution in [1.29, 1.82) is 0 Å². The number of hydrogen-bond donors (Lipinski definition) is 1. The first-order valence-electron chi connectivity index (χ1n) is 6.16. The van der Waals surface area contributed by atoms with Gasteiger partial charge in [-0.25, -0.2) is 8.78 Å². The largest absolute Gasteiger partial charge is 0.306 e. The number of hydrogen-bond acceptors (Lipinski definition) is 1. The Morgan fingerprint density at radius 2 is 1.95 bits per heavy atom. The van der Waals surface area contributed by atoms with Crippen molar-refractivity contribution in [3.63, 3.8) is 0 Å². The van der Waals surface area contributed by atoms with Crippen LogP contribution in [-0.2, 0) is 0 Å². The van der Waals surface area contributed by atoms with Gasteiger partial charge in [-0.05, 0) is 36.4 Å². The van der Waals surface area contributed by atoms with Crippen LogP contribution in [0.3, 0.4) is 0 Å². The third-order valence-electron chi connectivity index (χ3n) is 2.97. The zero-order valence-electron chi connectivity index (χ0n) is 10.8. The van der Waals surface area contributed by atoms with Gasteiger partial charge < -0.3 is 5.32 Å². The minimum Gasteiger partial charge on any atom is -0.306 e. The summed E-state index contributed by atoms with van der Waals surface area (Å²) in [6.45, 7) is 2.52. The minimum absolute atomic E-state index is 0.259. The van der Waals surface area contributed by atoms with Crippen LogP contribution in [0.15, 0.2) is 40.9 Å². The number of rotatable bonds is 4. The molecule has 0 aromatic heterocycles. The molecule has 0 heterocycles. The molecule has 0 amide bonds. The number of nitrogens with one attached hydrogen (secondary N) is 1. The lowest BCUT2D eigenvalue weighted by atomic mass is 9.98. The maximum absolute atomic E-state index is 14.0. The second-order valence-corrected chi connectivity index (χ2v) is 5.59. The van der Waals surface area contributed by atoms with Gasteiger partial charge in [0.2, 0.25) is 0 Å². The van der Waals surface area contributed by atoms with Crippen molar-refractivity contribution in [2.75, 3.05) is 6.54 Å². The van der Waals surface area contributed by atoms with Gasteiger partial charge in [0.1, 0.15) is 0 Å². The highest BCUT2D eigenvalue weighted by molar-refractivity contribution is 9.10. The van der Waals surface area contributed by atoms with Gasteiger partial charge in [0.15, 0.2) is 11.6 Å². The van der Waals surface area contributed by atoms with E-state index in [0.29, 0.717) is 11.6 Å². The van der Waals surface area contributed by atoms with E-state index in [1.54, 1.807) is 24.3 Å². The van der Waals surface area contributed by atoms with Crippen LogP contribution in [0, 0.1) is 11.6 Å². The van der Waals surface area contributed by atoms with Crippen LogP contribution in [0.25, 0.3) is 0 Å². The Bertz CT molecular complexity index is 617. The fraction of sp³-hybridized carbons (Fsp3) is 0.200. The van der Waals surface area contributed by atoms with E-state index in [1.807, 2.05) is 6.92 Å². The number of benzene rings is 2. The van der Waals surface area contributed by atoms with Gasteiger partial charge in [-0.15, -0.1) is 0 Å². The summed E-state index contributed by atoms with van der Waals surface area (Å²) in [6.07, 6.45) is 0. The Balaban J connectivity index is 2.56. The molecule has 0 spiro atoms. The highest BCUT2D eigenvalue weighted by Gasteiger charge is 2.21. The molecule has 2 aromatic rings. The monoisotopic (exact) mass is 359 g/mol. The molecule has 1 atom stereocenters. The summed E-state index contributed by atoms with van der Waals surface area (Å²) in [4.78, 5) is 0. The average Bonchev–Trinajstić information content (AvgIpc) is 2.43. The lowest BCUT2D eigenvalue weighted by Crippen LogP contribution is -2.23. The Kier molecular flexibility index (Phi) is 5.13. The van der Waals surface area contributed by atoms with Gasteiger partial charge in [0, 0.05) is 15.1 Å². The highest BCUT2D eigenvalue weighted by atomic mass is 79.9. The molecule has 2 rings (SSSR count). The van der Waals surface area contributed by atoms with Crippen molar-refractivity contribution in [3.05, 3.63) is 68.7 Å². The average molecular weight is 361 g/mol. The molecule has 1 nitrogen and oxygen atoms in total. The summed E-state index contributed by atoms with van der Waals surface area (Å²) in [5.74, 6) is -1.70. The Labute approximate surface area is 130 Å². The molecular formula is C15H13BrClF2N. The molecule has 5 heteroatoms. The molecule has 0 bridgehead atoms. The Morgan fingerprint density at radius 3 is 2.65 bits per heavy atom. The van der Waals surface area contributed by atoms with E-state index in [0.717, 1.165) is 16.1 Å². The van der Waals surface area contributed by atoms with Gasteiger partial charge in [0.05, 0.1) is 6.04 Å². The molecule has 0 aliphatic carbocycles. The highest BCUT2D eigenvalue weighted by Crippen LogP contribution is 2.32. The Morgan fingerprint density at radius 1 is 1.20 bits per heavy atom. The van der Waals surface area contributed by atoms with Gasteiger partial charge in [-0.1, -0.05) is 46.6 Å². The second kappa shape index (κ2) is 6.66. The van der Waals surface area contributed by atoms with Crippen molar-refractivity contribution >= 4 is 27.5 Å². The molecule has 20 heavy (non-hydrogen) atoms. The van der Waals surface area contributed by atoms with Crippen LogP contribution in [-0.4, -0.2) is 6.54 Å². The predicted octanol–water partition coefficient (Wildman–Crippen LogP) is 5.08. The third kappa shape index (κ3) is 3.19. The maximum Gasteiger partial charge on any atom is 0.163 e. The van der Waals surface area contributed by atoms with E-state index in [1.165, 1.54) is 6.07 Å². The topological polar surface area (TPSA) is 12.0 Å². The quantitative estimate of drug-likeness (QED) is 0.802. The lowest BCUT2D eigenvalue weighted by Gasteiger charge is -2.21. The summed E-state index contributed by atoms with van der Waals surface area (Å²) in [5, 5.41) is 3.70. The standard InChI is InChI=1S/C15H13BrClF2N/c1-2-20-15(10-4-3-5-13(18)14(10)19)11-8-9(17)6-7-12(11)16/h3-8,15,20H,2H2,1H3. The normalized spacial score (nSPS) is 12.4. The Hall–Kier alpha value is -0.970. The summed E-state index contributed by atoms with van der Waals surface area (Å²) in [5.41, 5.74) is 1.03. The molecule has 106 valence electrons. The van der Waals surface area contributed by atoms with E-state index >= 15 is 0 Å². The van der Waals surface area contributed by atoms with E-state index in [9.17, 15) is 8.78 Å². The molecule has 2 aromatic carbocycles. The van der Waals surface area contributed by atoms with E-state index < -0.39 is 17.7 Å². The van der Waals surface area contributed by atoms with Crippen LogP contribution in [0.2, 0.25) is 5.02 Å². The first kappa shape index (κ1) is 15.4. The molecule has 1 unspecified atom stereocenters. The summed E-state index contributed by atoms with van der Waals surface area (Å²) in [6, 6.07) is 8.97. The fourth-order valence-corrected chi connectivity index (χ4v) is 2.73. The smallest absolute Gasteiger partial charge is 0.163 e. The zero-order valence-corrected chi connectivity index (χ0v) is 13.1. The van der Waals surface area contributed by atoms with Crippen LogP contribution < -0.4 is 5.32 Å². The van der Waals surface area contributed by atoms with Crippen LogP contribution in [0.1, 0.15) is 24.1 Å². The van der Waals surface area contributed by atoms with Crippen molar-refractivity contribution in [2.45, 2.75) is 13.0 Å². The van der Waals surface area contributed by atoms with E-state index in [4.69, 9.17) is 11.6 Å². The van der Waals surface area contributed by atoms with Gasteiger partial charge >= 0.3 is 0 Å². The van der Waals surface area contributed by atoms with Crippen LogP contribution >= 0.6 is 27.5 Å². The van der Waals surface area contributed by atoms with E-state index in [-0.39, 0.29) is 5.56 Å². The third-order valence-corrected chi connectivity index (χ3v) is 3.93. The second-order valence-electron chi connectivity index (χ2n) is 4.30. The molecular weight excluding hydrogens is 348 g/mol. The predicted molar refractivity (Wildman–Crippen MR) is 81.0 cm³/mol. The van der Waals surface area contributed by atoms with Crippen molar-refractivity contribution < 1.29 is 8.78 Å². The summed E-state index contributed by atoms with van der Waals surface area (Å²) >= 11 is 9.43. The minimum atomic E-state index is -0.858. The van der Waals surface area contributed by atoms with Crippen molar-refractivity contribution in [2.24, 2.45) is 0 Å². The molecule has 1 N–H and O–H groups in total. The zero-order chi connectivity index (χ0) is 14.7. The van der Waals surface area contributed by atoms with Crippen LogP contribution in [0.5, 0.6) is 0 Å². The molecule has 0 fully saturated rings.